The number of hydrogen-bond donors (Lipinski definition) is 1. The first-order valence-electron chi connectivity index (χ1n) is 9.30. The molecule has 0 fully saturated rings. The van der Waals surface area contributed by atoms with Gasteiger partial charge in [0.05, 0.1) is 24.5 Å². The minimum Gasteiger partial charge on any atom is -0.493 e. The molecule has 0 aliphatic rings. The Morgan fingerprint density at radius 3 is 2.18 bits per heavy atom. The number of alkyl halides is 6. The zero-order chi connectivity index (χ0) is 25.9. The third-order valence-electron chi connectivity index (χ3n) is 4.33. The van der Waals surface area contributed by atoms with E-state index in [1.54, 1.807) is 4.72 Å². The maximum absolute atomic E-state index is 13.3. The summed E-state index contributed by atoms with van der Waals surface area (Å²) in [5.41, 5.74) is -3.00. The first kappa shape index (κ1) is 27.0. The molecule has 0 saturated carbocycles. The Kier molecular flexibility index (Phi) is 7.91. The van der Waals surface area contributed by atoms with Crippen LogP contribution in [-0.2, 0) is 33.8 Å². The number of sulfonamides is 1. The van der Waals surface area contributed by atoms with E-state index < -0.39 is 51.6 Å². The van der Waals surface area contributed by atoms with Crippen molar-refractivity contribution in [3.05, 3.63) is 64.2 Å². The van der Waals surface area contributed by atoms with E-state index in [-0.39, 0.29) is 23.1 Å². The lowest BCUT2D eigenvalue weighted by Gasteiger charge is -2.17. The highest BCUT2D eigenvalue weighted by Crippen LogP contribution is 2.38. The summed E-state index contributed by atoms with van der Waals surface area (Å²) in [4.78, 5) is 11.9. The van der Waals surface area contributed by atoms with Gasteiger partial charge in [-0.05, 0) is 42.8 Å². The number of nitrogens with one attached hydrogen (secondary N) is 1. The normalized spacial score (nSPS) is 12.9. The summed E-state index contributed by atoms with van der Waals surface area (Å²) in [5.74, 6) is -0.805. The van der Waals surface area contributed by atoms with Gasteiger partial charge in [-0.15, -0.1) is 0 Å². The van der Waals surface area contributed by atoms with Crippen LogP contribution in [0, 0.1) is 0 Å². The molecule has 0 unspecified atom stereocenters. The van der Waals surface area contributed by atoms with Crippen LogP contribution in [0.25, 0.3) is 6.08 Å². The third kappa shape index (κ3) is 7.40. The molecule has 0 saturated heterocycles. The zero-order valence-electron chi connectivity index (χ0n) is 18.0. The SMILES string of the molecule is COc1cc(/C=C(\C)C(=O)NS(C)(=O)=O)ccc1OCc1ccc(C(F)(F)F)cc1C(F)(F)F. The van der Waals surface area contributed by atoms with Gasteiger partial charge in [0, 0.05) is 11.1 Å². The van der Waals surface area contributed by atoms with E-state index in [2.05, 4.69) is 0 Å². The molecule has 2 aromatic carbocycles. The van der Waals surface area contributed by atoms with E-state index in [4.69, 9.17) is 9.47 Å². The molecule has 6 nitrogen and oxygen atoms in total. The van der Waals surface area contributed by atoms with Crippen molar-refractivity contribution >= 4 is 22.0 Å². The molecule has 1 amide bonds. The van der Waals surface area contributed by atoms with Gasteiger partial charge in [-0.2, -0.15) is 26.3 Å². The Bertz CT molecular complexity index is 1200. The van der Waals surface area contributed by atoms with Crippen LogP contribution in [0.5, 0.6) is 11.5 Å². The second kappa shape index (κ2) is 9.95. The number of carbonyl (C=O) groups excluding carboxylic acids is 1. The number of carbonyl (C=O) groups is 1. The quantitative estimate of drug-likeness (QED) is 0.427. The average molecular weight is 511 g/mol. The van der Waals surface area contributed by atoms with Gasteiger partial charge < -0.3 is 9.47 Å². The van der Waals surface area contributed by atoms with Gasteiger partial charge in [0.2, 0.25) is 10.0 Å². The summed E-state index contributed by atoms with van der Waals surface area (Å²) in [7, 11) is -2.52. The Hall–Kier alpha value is -3.22. The number of halogens is 6. The molecule has 186 valence electrons. The van der Waals surface area contributed by atoms with Crippen molar-refractivity contribution in [2.24, 2.45) is 0 Å². The summed E-state index contributed by atoms with van der Waals surface area (Å²) in [6, 6.07) is 5.37. The van der Waals surface area contributed by atoms with Gasteiger partial charge in [0.15, 0.2) is 11.5 Å². The molecule has 2 aromatic rings. The van der Waals surface area contributed by atoms with Crippen molar-refractivity contribution in [2.75, 3.05) is 13.4 Å². The number of amides is 1. The lowest BCUT2D eigenvalue weighted by molar-refractivity contribution is -0.143. The van der Waals surface area contributed by atoms with Crippen molar-refractivity contribution in [3.63, 3.8) is 0 Å². The Balaban J connectivity index is 2.29. The maximum Gasteiger partial charge on any atom is 0.416 e. The maximum atomic E-state index is 13.3. The summed E-state index contributed by atoms with van der Waals surface area (Å²) in [6.07, 6.45) is -7.83. The van der Waals surface area contributed by atoms with E-state index >= 15 is 0 Å². The smallest absolute Gasteiger partial charge is 0.416 e. The molecule has 0 heterocycles. The number of ether oxygens (including phenoxy) is 2. The fraction of sp³-hybridized carbons (Fsp3) is 0.286. The van der Waals surface area contributed by atoms with Crippen LogP contribution in [-0.4, -0.2) is 27.7 Å². The third-order valence-corrected chi connectivity index (χ3v) is 4.89. The Labute approximate surface area is 191 Å². The predicted molar refractivity (Wildman–Crippen MR) is 110 cm³/mol. The van der Waals surface area contributed by atoms with Gasteiger partial charge in [0.25, 0.3) is 5.91 Å². The standard InChI is InChI=1S/C21H19F6NO5S/c1-12(19(29)28-34(3,30)31)8-13-4-7-17(18(9-13)32-2)33-11-14-5-6-15(20(22,23)24)10-16(14)21(25,26)27/h4-10H,11H2,1-3H3,(H,28,29)/b12-8+. The average Bonchev–Trinajstić information content (AvgIpc) is 2.69. The highest BCUT2D eigenvalue weighted by Gasteiger charge is 2.38. The van der Waals surface area contributed by atoms with Gasteiger partial charge in [-0.25, -0.2) is 13.1 Å². The first-order valence-corrected chi connectivity index (χ1v) is 11.2. The minimum atomic E-state index is -5.04. The van der Waals surface area contributed by atoms with E-state index in [9.17, 15) is 39.6 Å². The van der Waals surface area contributed by atoms with Crippen LogP contribution >= 0.6 is 0 Å². The number of methoxy groups -OCH3 is 1. The number of benzene rings is 2. The molecule has 0 spiro atoms. The second-order valence-corrected chi connectivity index (χ2v) is 8.85. The summed E-state index contributed by atoms with van der Waals surface area (Å²) < 4.78 is 113. The largest absolute Gasteiger partial charge is 0.493 e. The summed E-state index contributed by atoms with van der Waals surface area (Å²) in [6.45, 7) is 0.662. The van der Waals surface area contributed by atoms with Crippen LogP contribution in [0.3, 0.4) is 0 Å². The van der Waals surface area contributed by atoms with Crippen molar-refractivity contribution in [3.8, 4) is 11.5 Å². The van der Waals surface area contributed by atoms with E-state index in [0.717, 1.165) is 6.26 Å². The van der Waals surface area contributed by atoms with Gasteiger partial charge in [-0.3, -0.25) is 4.79 Å². The van der Waals surface area contributed by atoms with Gasteiger partial charge >= 0.3 is 12.4 Å². The fourth-order valence-corrected chi connectivity index (χ4v) is 3.25. The van der Waals surface area contributed by atoms with E-state index in [1.807, 2.05) is 0 Å². The molecule has 0 radical (unpaired) electrons. The van der Waals surface area contributed by atoms with Crippen LogP contribution in [0.2, 0.25) is 0 Å². The topological polar surface area (TPSA) is 81.7 Å². The molecule has 0 aromatic heterocycles. The zero-order valence-corrected chi connectivity index (χ0v) is 18.8. The molecule has 1 N–H and O–H groups in total. The minimum absolute atomic E-state index is 0.00841. The second-order valence-electron chi connectivity index (χ2n) is 7.10. The highest BCUT2D eigenvalue weighted by atomic mass is 32.2. The molecule has 0 bridgehead atoms. The van der Waals surface area contributed by atoms with Crippen molar-refractivity contribution in [1.82, 2.24) is 4.72 Å². The monoisotopic (exact) mass is 511 g/mol. The summed E-state index contributed by atoms with van der Waals surface area (Å²) in [5, 5.41) is 0. The molecule has 2 rings (SSSR count). The lowest BCUT2D eigenvalue weighted by atomic mass is 10.0. The van der Waals surface area contributed by atoms with Gasteiger partial charge in [0.1, 0.15) is 6.61 Å². The van der Waals surface area contributed by atoms with E-state index in [0.29, 0.717) is 17.7 Å². The highest BCUT2D eigenvalue weighted by molar-refractivity contribution is 7.89. The molecular formula is C21H19F6NO5S. The predicted octanol–water partition coefficient (Wildman–Crippen LogP) is 4.79. The van der Waals surface area contributed by atoms with Crippen LogP contribution in [0.15, 0.2) is 42.0 Å². The molecule has 0 aliphatic carbocycles. The fourth-order valence-electron chi connectivity index (χ4n) is 2.76. The number of rotatable bonds is 7. The summed E-state index contributed by atoms with van der Waals surface area (Å²) >= 11 is 0. The van der Waals surface area contributed by atoms with Crippen LogP contribution in [0.4, 0.5) is 26.3 Å². The molecule has 34 heavy (non-hydrogen) atoms. The van der Waals surface area contributed by atoms with Crippen LogP contribution in [0.1, 0.15) is 29.2 Å². The first-order chi connectivity index (χ1) is 15.5. The van der Waals surface area contributed by atoms with Crippen molar-refractivity contribution in [2.45, 2.75) is 25.9 Å². The molecule has 0 atom stereocenters. The Morgan fingerprint density at radius 2 is 1.65 bits per heavy atom. The van der Waals surface area contributed by atoms with Gasteiger partial charge in [-0.1, -0.05) is 12.1 Å². The van der Waals surface area contributed by atoms with Crippen molar-refractivity contribution in [1.29, 1.82) is 0 Å². The number of hydrogen-bond acceptors (Lipinski definition) is 5. The molecule has 13 heteroatoms. The molecule has 0 aliphatic heterocycles. The Morgan fingerprint density at radius 1 is 1.00 bits per heavy atom. The van der Waals surface area contributed by atoms with Crippen molar-refractivity contribution < 1.29 is 49.0 Å². The molecular weight excluding hydrogens is 492 g/mol. The van der Waals surface area contributed by atoms with E-state index in [1.165, 1.54) is 38.3 Å². The van der Waals surface area contributed by atoms with Crippen LogP contribution < -0.4 is 14.2 Å². The lowest BCUT2D eigenvalue weighted by Crippen LogP contribution is -2.29.